The molecule has 78 valence electrons. The standard InChI is InChI=1S/C12H19NO/c1-10(13)9-12(2,3)14-11-7-5-4-6-8-11/h4-8,10H,9,13H2,1-3H3. The lowest BCUT2D eigenvalue weighted by Gasteiger charge is -2.28. The molecule has 1 atom stereocenters. The van der Waals surface area contributed by atoms with Gasteiger partial charge in [-0.1, -0.05) is 18.2 Å². The summed E-state index contributed by atoms with van der Waals surface area (Å²) in [6.45, 7) is 6.11. The van der Waals surface area contributed by atoms with Crippen LogP contribution in [0.4, 0.5) is 0 Å². The normalized spacial score (nSPS) is 13.7. The SMILES string of the molecule is CC(N)CC(C)(C)Oc1ccccc1. The number of para-hydroxylation sites is 1. The van der Waals surface area contributed by atoms with Gasteiger partial charge in [-0.05, 0) is 32.9 Å². The Morgan fingerprint density at radius 1 is 1.29 bits per heavy atom. The summed E-state index contributed by atoms with van der Waals surface area (Å²) in [6.07, 6.45) is 0.849. The van der Waals surface area contributed by atoms with Crippen molar-refractivity contribution in [2.75, 3.05) is 0 Å². The largest absolute Gasteiger partial charge is 0.488 e. The molecule has 0 fully saturated rings. The Bertz CT molecular complexity index is 267. The van der Waals surface area contributed by atoms with Crippen LogP contribution in [0.5, 0.6) is 5.75 Å². The Morgan fingerprint density at radius 3 is 2.36 bits per heavy atom. The molecular weight excluding hydrogens is 174 g/mol. The van der Waals surface area contributed by atoms with Crippen molar-refractivity contribution in [3.05, 3.63) is 30.3 Å². The highest BCUT2D eigenvalue weighted by Crippen LogP contribution is 2.21. The molecule has 0 aliphatic rings. The minimum Gasteiger partial charge on any atom is -0.488 e. The third-order valence-corrected chi connectivity index (χ3v) is 1.95. The summed E-state index contributed by atoms with van der Waals surface area (Å²) in [4.78, 5) is 0. The molecule has 1 rings (SSSR count). The van der Waals surface area contributed by atoms with Gasteiger partial charge in [0.1, 0.15) is 11.4 Å². The van der Waals surface area contributed by atoms with Crippen LogP contribution in [0, 0.1) is 0 Å². The lowest BCUT2D eigenvalue weighted by atomic mass is 10.0. The van der Waals surface area contributed by atoms with Gasteiger partial charge in [-0.3, -0.25) is 0 Å². The predicted octanol–water partition coefficient (Wildman–Crippen LogP) is 2.58. The van der Waals surface area contributed by atoms with Crippen molar-refractivity contribution in [2.45, 2.75) is 38.8 Å². The van der Waals surface area contributed by atoms with Crippen molar-refractivity contribution in [2.24, 2.45) is 5.73 Å². The van der Waals surface area contributed by atoms with E-state index in [1.807, 2.05) is 37.3 Å². The smallest absolute Gasteiger partial charge is 0.120 e. The van der Waals surface area contributed by atoms with Crippen LogP contribution < -0.4 is 10.5 Å². The van der Waals surface area contributed by atoms with Crippen LogP contribution in [0.25, 0.3) is 0 Å². The van der Waals surface area contributed by atoms with Gasteiger partial charge in [0.25, 0.3) is 0 Å². The third-order valence-electron chi connectivity index (χ3n) is 1.95. The molecule has 1 aromatic rings. The van der Waals surface area contributed by atoms with Crippen molar-refractivity contribution in [3.8, 4) is 5.75 Å². The molecule has 2 heteroatoms. The Labute approximate surface area is 86.1 Å². The van der Waals surface area contributed by atoms with Crippen molar-refractivity contribution < 1.29 is 4.74 Å². The van der Waals surface area contributed by atoms with Crippen LogP contribution in [0.2, 0.25) is 0 Å². The number of ether oxygens (including phenoxy) is 1. The second-order valence-electron chi connectivity index (χ2n) is 4.36. The molecule has 2 N–H and O–H groups in total. The van der Waals surface area contributed by atoms with Crippen LogP contribution in [0.3, 0.4) is 0 Å². The molecule has 0 heterocycles. The first kappa shape index (κ1) is 11.1. The van der Waals surface area contributed by atoms with E-state index < -0.39 is 0 Å². The first-order chi connectivity index (χ1) is 6.49. The minimum absolute atomic E-state index is 0.161. The van der Waals surface area contributed by atoms with Gasteiger partial charge in [-0.15, -0.1) is 0 Å². The number of hydrogen-bond acceptors (Lipinski definition) is 2. The predicted molar refractivity (Wildman–Crippen MR) is 59.4 cm³/mol. The van der Waals surface area contributed by atoms with Crippen molar-refractivity contribution >= 4 is 0 Å². The maximum absolute atomic E-state index is 5.83. The zero-order valence-electron chi connectivity index (χ0n) is 9.16. The number of nitrogens with two attached hydrogens (primary N) is 1. The maximum Gasteiger partial charge on any atom is 0.120 e. The zero-order chi connectivity index (χ0) is 10.6. The summed E-state index contributed by atoms with van der Waals surface area (Å²) in [6, 6.07) is 10.00. The average Bonchev–Trinajstić information content (AvgIpc) is 2.02. The number of benzene rings is 1. The van der Waals surface area contributed by atoms with Gasteiger partial charge in [0.05, 0.1) is 0 Å². The first-order valence-electron chi connectivity index (χ1n) is 4.99. The van der Waals surface area contributed by atoms with E-state index in [2.05, 4.69) is 13.8 Å². The van der Waals surface area contributed by atoms with Crippen LogP contribution >= 0.6 is 0 Å². The van der Waals surface area contributed by atoms with Crippen LogP contribution in [0.1, 0.15) is 27.2 Å². The van der Waals surface area contributed by atoms with Crippen LogP contribution in [0.15, 0.2) is 30.3 Å². The highest BCUT2D eigenvalue weighted by Gasteiger charge is 2.21. The Hall–Kier alpha value is -1.02. The second-order valence-corrected chi connectivity index (χ2v) is 4.36. The fourth-order valence-corrected chi connectivity index (χ4v) is 1.62. The molecule has 0 aliphatic carbocycles. The van der Waals surface area contributed by atoms with Gasteiger partial charge in [-0.25, -0.2) is 0 Å². The van der Waals surface area contributed by atoms with E-state index in [4.69, 9.17) is 10.5 Å². The van der Waals surface area contributed by atoms with E-state index in [0.717, 1.165) is 12.2 Å². The molecule has 0 bridgehead atoms. The molecule has 1 unspecified atom stereocenters. The molecule has 0 amide bonds. The second kappa shape index (κ2) is 4.47. The summed E-state index contributed by atoms with van der Waals surface area (Å²) >= 11 is 0. The summed E-state index contributed by atoms with van der Waals surface area (Å²) in [5.41, 5.74) is 5.55. The van der Waals surface area contributed by atoms with Crippen LogP contribution in [-0.4, -0.2) is 11.6 Å². The number of hydrogen-bond donors (Lipinski definition) is 1. The van der Waals surface area contributed by atoms with Gasteiger partial charge >= 0.3 is 0 Å². The highest BCUT2D eigenvalue weighted by molar-refractivity contribution is 5.21. The Kier molecular flexibility index (Phi) is 3.53. The third kappa shape index (κ3) is 3.79. The lowest BCUT2D eigenvalue weighted by Crippen LogP contribution is -2.35. The topological polar surface area (TPSA) is 35.2 Å². The van der Waals surface area contributed by atoms with Gasteiger partial charge in [0.15, 0.2) is 0 Å². The molecule has 0 aliphatic heterocycles. The molecule has 1 aromatic carbocycles. The lowest BCUT2D eigenvalue weighted by molar-refractivity contribution is 0.0933. The van der Waals surface area contributed by atoms with Gasteiger partial charge in [0.2, 0.25) is 0 Å². The summed E-state index contributed by atoms with van der Waals surface area (Å²) in [5.74, 6) is 0.901. The fourth-order valence-electron chi connectivity index (χ4n) is 1.62. The number of rotatable bonds is 4. The summed E-state index contributed by atoms with van der Waals surface area (Å²) in [5, 5.41) is 0. The zero-order valence-corrected chi connectivity index (χ0v) is 9.16. The molecule has 0 radical (unpaired) electrons. The Balaban J connectivity index is 2.59. The Morgan fingerprint density at radius 2 is 1.86 bits per heavy atom. The van der Waals surface area contributed by atoms with Gasteiger partial charge in [-0.2, -0.15) is 0 Å². The molecule has 14 heavy (non-hydrogen) atoms. The van der Waals surface area contributed by atoms with E-state index in [-0.39, 0.29) is 11.6 Å². The maximum atomic E-state index is 5.83. The average molecular weight is 193 g/mol. The van der Waals surface area contributed by atoms with E-state index in [0.29, 0.717) is 0 Å². The minimum atomic E-state index is -0.199. The van der Waals surface area contributed by atoms with Crippen molar-refractivity contribution in [1.29, 1.82) is 0 Å². The molecule has 0 aromatic heterocycles. The summed E-state index contributed by atoms with van der Waals surface area (Å²) in [7, 11) is 0. The first-order valence-corrected chi connectivity index (χ1v) is 4.99. The van der Waals surface area contributed by atoms with E-state index in [1.165, 1.54) is 0 Å². The van der Waals surface area contributed by atoms with Gasteiger partial charge < -0.3 is 10.5 Å². The molecule has 2 nitrogen and oxygen atoms in total. The quantitative estimate of drug-likeness (QED) is 0.797. The van der Waals surface area contributed by atoms with E-state index >= 15 is 0 Å². The molecule has 0 spiro atoms. The van der Waals surface area contributed by atoms with Crippen LogP contribution in [-0.2, 0) is 0 Å². The fraction of sp³-hybridized carbons (Fsp3) is 0.500. The van der Waals surface area contributed by atoms with Crippen molar-refractivity contribution in [3.63, 3.8) is 0 Å². The molecule has 0 saturated heterocycles. The van der Waals surface area contributed by atoms with E-state index in [9.17, 15) is 0 Å². The summed E-state index contributed by atoms with van der Waals surface area (Å²) < 4.78 is 5.83. The van der Waals surface area contributed by atoms with Crippen molar-refractivity contribution in [1.82, 2.24) is 0 Å². The van der Waals surface area contributed by atoms with Gasteiger partial charge in [0, 0.05) is 12.5 Å². The highest BCUT2D eigenvalue weighted by atomic mass is 16.5. The molecular formula is C12H19NO. The molecule has 0 saturated carbocycles. The monoisotopic (exact) mass is 193 g/mol. The van der Waals surface area contributed by atoms with E-state index in [1.54, 1.807) is 0 Å².